The van der Waals surface area contributed by atoms with Crippen LogP contribution in [0.2, 0.25) is 0 Å². The van der Waals surface area contributed by atoms with Gasteiger partial charge in [0.15, 0.2) is 11.5 Å². The molecule has 1 amide bonds. The van der Waals surface area contributed by atoms with Gasteiger partial charge in [0, 0.05) is 18.6 Å². The van der Waals surface area contributed by atoms with Gasteiger partial charge in [-0.25, -0.2) is 4.79 Å². The molecule has 0 saturated carbocycles. The molecule has 3 N–H and O–H groups in total. The summed E-state index contributed by atoms with van der Waals surface area (Å²) < 4.78 is 10.2. The number of carboxylic acid groups (broad SMARTS) is 1. The molecule has 0 aliphatic carbocycles. The third-order valence-corrected chi connectivity index (χ3v) is 2.86. The molecule has 116 valence electrons. The first-order valence-corrected chi connectivity index (χ1v) is 6.47. The van der Waals surface area contributed by atoms with Crippen LogP contribution in [0.4, 0.5) is 5.69 Å². The van der Waals surface area contributed by atoms with E-state index in [2.05, 4.69) is 10.6 Å². The Morgan fingerprint density at radius 3 is 2.33 bits per heavy atom. The summed E-state index contributed by atoms with van der Waals surface area (Å²) in [5, 5.41) is 14.8. The summed E-state index contributed by atoms with van der Waals surface area (Å²) in [5.74, 6) is -0.752. The van der Waals surface area contributed by atoms with Crippen LogP contribution in [-0.2, 0) is 4.79 Å². The number of benzene rings is 1. The molecule has 1 rings (SSSR count). The van der Waals surface area contributed by atoms with Crippen LogP contribution in [0.5, 0.6) is 11.5 Å². The zero-order valence-electron chi connectivity index (χ0n) is 12.4. The summed E-state index contributed by atoms with van der Waals surface area (Å²) in [5.41, 5.74) is 0.143. The Bertz CT molecular complexity index is 516. The van der Waals surface area contributed by atoms with Crippen molar-refractivity contribution in [3.05, 3.63) is 17.7 Å². The molecule has 0 heterocycles. The van der Waals surface area contributed by atoms with Crippen LogP contribution in [0, 0.1) is 0 Å². The molecule has 7 nitrogen and oxygen atoms in total. The smallest absolute Gasteiger partial charge is 0.337 e. The van der Waals surface area contributed by atoms with Gasteiger partial charge in [0.2, 0.25) is 5.91 Å². The second-order valence-electron chi connectivity index (χ2n) is 4.31. The van der Waals surface area contributed by atoms with E-state index in [1.54, 1.807) is 7.05 Å². The second kappa shape index (κ2) is 8.11. The summed E-state index contributed by atoms with van der Waals surface area (Å²) in [6.07, 6.45) is 0.965. The Kier molecular flexibility index (Phi) is 6.48. The highest BCUT2D eigenvalue weighted by Gasteiger charge is 2.17. The molecular formula is C14H20N2O5. The fraction of sp³-hybridized carbons (Fsp3) is 0.429. The molecule has 0 atom stereocenters. The van der Waals surface area contributed by atoms with Crippen molar-refractivity contribution in [3.8, 4) is 11.5 Å². The van der Waals surface area contributed by atoms with Crippen LogP contribution in [-0.4, -0.2) is 44.8 Å². The normalized spacial score (nSPS) is 10.0. The van der Waals surface area contributed by atoms with Crippen molar-refractivity contribution in [1.82, 2.24) is 5.32 Å². The van der Waals surface area contributed by atoms with Crippen molar-refractivity contribution in [2.75, 3.05) is 33.1 Å². The van der Waals surface area contributed by atoms with Crippen LogP contribution < -0.4 is 20.1 Å². The zero-order chi connectivity index (χ0) is 15.8. The lowest BCUT2D eigenvalue weighted by Gasteiger charge is -2.13. The minimum atomic E-state index is -1.15. The first-order chi connectivity index (χ1) is 10.0. The summed E-state index contributed by atoms with van der Waals surface area (Å²) in [7, 11) is 4.66. The van der Waals surface area contributed by atoms with Crippen LogP contribution in [0.25, 0.3) is 0 Å². The zero-order valence-corrected chi connectivity index (χ0v) is 12.4. The van der Waals surface area contributed by atoms with Gasteiger partial charge in [-0.2, -0.15) is 0 Å². The minimum absolute atomic E-state index is 0.0467. The predicted octanol–water partition coefficient (Wildman–Crippen LogP) is 1.34. The third-order valence-electron chi connectivity index (χ3n) is 2.86. The number of hydrogen-bond donors (Lipinski definition) is 3. The fourth-order valence-corrected chi connectivity index (χ4v) is 1.80. The number of carbonyl (C=O) groups is 2. The van der Waals surface area contributed by atoms with Crippen molar-refractivity contribution in [1.29, 1.82) is 0 Å². The number of nitrogens with one attached hydrogen (secondary N) is 2. The molecule has 1 aromatic rings. The second-order valence-corrected chi connectivity index (χ2v) is 4.31. The van der Waals surface area contributed by atoms with Gasteiger partial charge in [-0.05, 0) is 20.0 Å². The highest BCUT2D eigenvalue weighted by Crippen LogP contribution is 2.33. The largest absolute Gasteiger partial charge is 0.493 e. The number of aromatic carboxylic acids is 1. The quantitative estimate of drug-likeness (QED) is 0.626. The fourth-order valence-electron chi connectivity index (χ4n) is 1.80. The van der Waals surface area contributed by atoms with Gasteiger partial charge in [-0.15, -0.1) is 0 Å². The molecule has 0 spiro atoms. The van der Waals surface area contributed by atoms with Crippen LogP contribution >= 0.6 is 0 Å². The van der Waals surface area contributed by atoms with Crippen molar-refractivity contribution in [2.45, 2.75) is 12.8 Å². The van der Waals surface area contributed by atoms with Gasteiger partial charge < -0.3 is 25.2 Å². The average Bonchev–Trinajstić information content (AvgIpc) is 2.46. The maximum absolute atomic E-state index is 11.8. The molecule has 0 bridgehead atoms. The first-order valence-electron chi connectivity index (χ1n) is 6.47. The van der Waals surface area contributed by atoms with Gasteiger partial charge >= 0.3 is 5.97 Å². The molecule has 0 fully saturated rings. The highest BCUT2D eigenvalue weighted by atomic mass is 16.5. The van der Waals surface area contributed by atoms with E-state index in [9.17, 15) is 14.7 Å². The van der Waals surface area contributed by atoms with Gasteiger partial charge in [0.1, 0.15) is 0 Å². The average molecular weight is 296 g/mol. The first kappa shape index (κ1) is 16.8. The van der Waals surface area contributed by atoms with E-state index in [0.29, 0.717) is 30.9 Å². The van der Waals surface area contributed by atoms with Crippen LogP contribution in [0.1, 0.15) is 23.2 Å². The molecule has 21 heavy (non-hydrogen) atoms. The molecule has 7 heteroatoms. The van der Waals surface area contributed by atoms with Crippen molar-refractivity contribution >= 4 is 17.6 Å². The van der Waals surface area contributed by atoms with E-state index in [0.717, 1.165) is 0 Å². The van der Waals surface area contributed by atoms with E-state index in [4.69, 9.17) is 9.47 Å². The number of hydrogen-bond acceptors (Lipinski definition) is 5. The summed E-state index contributed by atoms with van der Waals surface area (Å²) >= 11 is 0. The number of methoxy groups -OCH3 is 2. The standard InChI is InChI=1S/C14H20N2O5/c1-15-6-4-5-13(17)16-10-8-12(21-3)11(20-2)7-9(10)14(18)19/h7-8,15H,4-6H2,1-3H3,(H,16,17)(H,18,19). The van der Waals surface area contributed by atoms with Gasteiger partial charge in [-0.1, -0.05) is 0 Å². The topological polar surface area (TPSA) is 96.9 Å². The maximum Gasteiger partial charge on any atom is 0.337 e. The Hall–Kier alpha value is -2.28. The van der Waals surface area contributed by atoms with Gasteiger partial charge in [0.25, 0.3) is 0 Å². The molecule has 1 aromatic carbocycles. The SMILES string of the molecule is CNCCCC(=O)Nc1cc(OC)c(OC)cc1C(=O)O. The van der Waals surface area contributed by atoms with Crippen LogP contribution in [0.3, 0.4) is 0 Å². The van der Waals surface area contributed by atoms with E-state index < -0.39 is 5.97 Å². The maximum atomic E-state index is 11.8. The monoisotopic (exact) mass is 296 g/mol. The predicted molar refractivity (Wildman–Crippen MR) is 78.3 cm³/mol. The van der Waals surface area contributed by atoms with Gasteiger partial charge in [0.05, 0.1) is 25.5 Å². The molecule has 0 unspecified atom stereocenters. The van der Waals surface area contributed by atoms with Crippen LogP contribution in [0.15, 0.2) is 12.1 Å². The lowest BCUT2D eigenvalue weighted by Crippen LogP contribution is -2.17. The molecular weight excluding hydrogens is 276 g/mol. The Morgan fingerprint density at radius 1 is 1.19 bits per heavy atom. The minimum Gasteiger partial charge on any atom is -0.493 e. The number of anilines is 1. The summed E-state index contributed by atoms with van der Waals surface area (Å²) in [6, 6.07) is 2.77. The van der Waals surface area contributed by atoms with E-state index >= 15 is 0 Å². The van der Waals surface area contributed by atoms with Crippen molar-refractivity contribution < 1.29 is 24.2 Å². The summed E-state index contributed by atoms with van der Waals surface area (Å²) in [4.78, 5) is 23.1. The molecule has 0 aliphatic rings. The van der Waals surface area contributed by atoms with E-state index in [1.807, 2.05) is 0 Å². The summed E-state index contributed by atoms with van der Waals surface area (Å²) in [6.45, 7) is 0.713. The molecule has 0 aromatic heterocycles. The number of amides is 1. The lowest BCUT2D eigenvalue weighted by atomic mass is 10.1. The van der Waals surface area contributed by atoms with E-state index in [-0.39, 0.29) is 17.2 Å². The molecule has 0 radical (unpaired) electrons. The van der Waals surface area contributed by atoms with E-state index in [1.165, 1.54) is 26.4 Å². The Labute approximate surface area is 123 Å². The number of carbonyl (C=O) groups excluding carboxylic acids is 1. The molecule has 0 aliphatic heterocycles. The lowest BCUT2D eigenvalue weighted by molar-refractivity contribution is -0.116. The number of carboxylic acids is 1. The van der Waals surface area contributed by atoms with Crippen molar-refractivity contribution in [3.63, 3.8) is 0 Å². The highest BCUT2D eigenvalue weighted by molar-refractivity contribution is 6.01. The number of ether oxygens (including phenoxy) is 2. The third kappa shape index (κ3) is 4.64. The molecule has 0 saturated heterocycles. The Balaban J connectivity index is 2.98. The van der Waals surface area contributed by atoms with Gasteiger partial charge in [-0.3, -0.25) is 4.79 Å². The van der Waals surface area contributed by atoms with Crippen molar-refractivity contribution in [2.24, 2.45) is 0 Å². The number of rotatable bonds is 8. The Morgan fingerprint density at radius 2 is 1.81 bits per heavy atom.